The van der Waals surface area contributed by atoms with Gasteiger partial charge in [-0.25, -0.2) is 0 Å². The molecule has 0 atom stereocenters. The van der Waals surface area contributed by atoms with Crippen LogP contribution in [0.4, 0.5) is 11.4 Å². The molecule has 0 saturated carbocycles. The molecule has 4 rings (SSSR count). The molecule has 0 unspecified atom stereocenters. The molecule has 1 heterocycles. The standard InChI is InChI=1S/C27H28N2O3/c1-27(2,3)18-6-8-19(9-7-18)29-20-10-12-21(13-11-20)32-24-14-15-28-23-17-26(31-5)25(30-4)16-22(23)24/h6-17,29H,1-5H3. The molecule has 0 amide bonds. The molecular weight excluding hydrogens is 400 g/mol. The first kappa shape index (κ1) is 21.5. The zero-order chi connectivity index (χ0) is 22.7. The highest BCUT2D eigenvalue weighted by Crippen LogP contribution is 2.37. The van der Waals surface area contributed by atoms with Crippen molar-refractivity contribution in [2.75, 3.05) is 19.5 Å². The molecule has 5 heteroatoms. The summed E-state index contributed by atoms with van der Waals surface area (Å²) in [6, 6.07) is 22.0. The summed E-state index contributed by atoms with van der Waals surface area (Å²) in [5.74, 6) is 2.71. The fourth-order valence-electron chi connectivity index (χ4n) is 3.49. The minimum Gasteiger partial charge on any atom is -0.493 e. The van der Waals surface area contributed by atoms with Gasteiger partial charge in [0, 0.05) is 29.0 Å². The van der Waals surface area contributed by atoms with Crippen LogP contribution in [0.3, 0.4) is 0 Å². The molecule has 0 saturated heterocycles. The van der Waals surface area contributed by atoms with Gasteiger partial charge in [0.1, 0.15) is 11.5 Å². The topological polar surface area (TPSA) is 52.6 Å². The van der Waals surface area contributed by atoms with Crippen molar-refractivity contribution in [3.63, 3.8) is 0 Å². The molecular formula is C27H28N2O3. The summed E-state index contributed by atoms with van der Waals surface area (Å²) in [5, 5.41) is 4.29. The zero-order valence-corrected chi connectivity index (χ0v) is 19.1. The smallest absolute Gasteiger partial charge is 0.162 e. The third-order valence-electron chi connectivity index (χ3n) is 5.33. The van der Waals surface area contributed by atoms with Crippen LogP contribution in [0, 0.1) is 0 Å². The number of rotatable bonds is 6. The first-order valence-electron chi connectivity index (χ1n) is 10.5. The van der Waals surface area contributed by atoms with Crippen LogP contribution in [0.15, 0.2) is 72.9 Å². The van der Waals surface area contributed by atoms with Gasteiger partial charge in [-0.3, -0.25) is 4.98 Å². The van der Waals surface area contributed by atoms with E-state index in [2.05, 4.69) is 55.3 Å². The van der Waals surface area contributed by atoms with Crippen LogP contribution in [-0.4, -0.2) is 19.2 Å². The third kappa shape index (κ3) is 4.62. The summed E-state index contributed by atoms with van der Waals surface area (Å²) in [5.41, 5.74) is 4.27. The molecule has 4 aromatic rings. The average Bonchev–Trinajstić information content (AvgIpc) is 2.79. The van der Waals surface area contributed by atoms with E-state index >= 15 is 0 Å². The highest BCUT2D eigenvalue weighted by atomic mass is 16.5. The Morgan fingerprint density at radius 2 is 1.31 bits per heavy atom. The minimum atomic E-state index is 0.143. The maximum Gasteiger partial charge on any atom is 0.162 e. The Bertz CT molecular complexity index is 1210. The third-order valence-corrected chi connectivity index (χ3v) is 5.33. The summed E-state index contributed by atoms with van der Waals surface area (Å²) in [7, 11) is 3.22. The van der Waals surface area contributed by atoms with Gasteiger partial charge in [-0.2, -0.15) is 0 Å². The molecule has 0 aliphatic carbocycles. The molecule has 0 aliphatic rings. The van der Waals surface area contributed by atoms with Gasteiger partial charge in [0.05, 0.1) is 19.7 Å². The van der Waals surface area contributed by atoms with Gasteiger partial charge in [0.15, 0.2) is 11.5 Å². The van der Waals surface area contributed by atoms with Crippen LogP contribution >= 0.6 is 0 Å². The van der Waals surface area contributed by atoms with Crippen LogP contribution in [0.5, 0.6) is 23.0 Å². The maximum absolute atomic E-state index is 6.16. The Kier molecular flexibility index (Phi) is 5.91. The van der Waals surface area contributed by atoms with E-state index in [1.165, 1.54) is 5.56 Å². The number of ether oxygens (including phenoxy) is 3. The van der Waals surface area contributed by atoms with E-state index in [1.54, 1.807) is 20.4 Å². The van der Waals surface area contributed by atoms with Gasteiger partial charge in [-0.15, -0.1) is 0 Å². The number of anilines is 2. The summed E-state index contributed by atoms with van der Waals surface area (Å²) in [6.45, 7) is 6.65. The van der Waals surface area contributed by atoms with Crippen molar-refractivity contribution >= 4 is 22.3 Å². The molecule has 5 nitrogen and oxygen atoms in total. The number of aromatic nitrogens is 1. The van der Waals surface area contributed by atoms with E-state index in [1.807, 2.05) is 42.5 Å². The molecule has 0 bridgehead atoms. The first-order valence-corrected chi connectivity index (χ1v) is 10.5. The number of nitrogens with zero attached hydrogens (tertiary/aromatic N) is 1. The van der Waals surface area contributed by atoms with E-state index in [9.17, 15) is 0 Å². The van der Waals surface area contributed by atoms with Gasteiger partial charge >= 0.3 is 0 Å². The summed E-state index contributed by atoms with van der Waals surface area (Å²) in [4.78, 5) is 4.42. The number of hydrogen-bond acceptors (Lipinski definition) is 5. The number of hydrogen-bond donors (Lipinski definition) is 1. The van der Waals surface area contributed by atoms with Crippen molar-refractivity contribution in [2.45, 2.75) is 26.2 Å². The second-order valence-corrected chi connectivity index (χ2v) is 8.61. The molecule has 0 radical (unpaired) electrons. The van der Waals surface area contributed by atoms with Gasteiger partial charge in [0.2, 0.25) is 0 Å². The molecule has 1 aromatic heterocycles. The number of fused-ring (bicyclic) bond motifs is 1. The summed E-state index contributed by atoms with van der Waals surface area (Å²) < 4.78 is 17.0. The minimum absolute atomic E-state index is 0.143. The average molecular weight is 429 g/mol. The van der Waals surface area contributed by atoms with Crippen LogP contribution in [0.2, 0.25) is 0 Å². The molecule has 1 N–H and O–H groups in total. The van der Waals surface area contributed by atoms with Crippen molar-refractivity contribution in [2.24, 2.45) is 0 Å². The second-order valence-electron chi connectivity index (χ2n) is 8.61. The van der Waals surface area contributed by atoms with Gasteiger partial charge in [0.25, 0.3) is 0 Å². The normalized spacial score (nSPS) is 11.3. The lowest BCUT2D eigenvalue weighted by Gasteiger charge is -2.19. The zero-order valence-electron chi connectivity index (χ0n) is 19.1. The van der Waals surface area contributed by atoms with E-state index in [0.29, 0.717) is 17.2 Å². The Morgan fingerprint density at radius 1 is 0.719 bits per heavy atom. The van der Waals surface area contributed by atoms with Gasteiger partial charge < -0.3 is 19.5 Å². The largest absolute Gasteiger partial charge is 0.493 e. The van der Waals surface area contributed by atoms with Gasteiger partial charge in [-0.1, -0.05) is 32.9 Å². The monoisotopic (exact) mass is 428 g/mol. The summed E-state index contributed by atoms with van der Waals surface area (Å²) >= 11 is 0. The van der Waals surface area contributed by atoms with Crippen molar-refractivity contribution in [3.8, 4) is 23.0 Å². The maximum atomic E-state index is 6.16. The summed E-state index contributed by atoms with van der Waals surface area (Å²) in [6.07, 6.45) is 1.72. The molecule has 3 aromatic carbocycles. The van der Waals surface area contributed by atoms with Crippen LogP contribution in [0.25, 0.3) is 10.9 Å². The lowest BCUT2D eigenvalue weighted by Crippen LogP contribution is -2.10. The Morgan fingerprint density at radius 3 is 1.91 bits per heavy atom. The molecule has 0 fully saturated rings. The number of benzene rings is 3. The van der Waals surface area contributed by atoms with E-state index < -0.39 is 0 Å². The van der Waals surface area contributed by atoms with E-state index in [-0.39, 0.29) is 5.41 Å². The number of pyridine rings is 1. The van der Waals surface area contributed by atoms with E-state index in [0.717, 1.165) is 28.0 Å². The highest BCUT2D eigenvalue weighted by Gasteiger charge is 2.13. The van der Waals surface area contributed by atoms with Gasteiger partial charge in [-0.05, 0) is 59.5 Å². The Hall–Kier alpha value is -3.73. The Labute approximate surface area is 189 Å². The molecule has 32 heavy (non-hydrogen) atoms. The van der Waals surface area contributed by atoms with Crippen molar-refractivity contribution < 1.29 is 14.2 Å². The first-order chi connectivity index (χ1) is 15.4. The van der Waals surface area contributed by atoms with Crippen molar-refractivity contribution in [3.05, 3.63) is 78.5 Å². The van der Waals surface area contributed by atoms with E-state index in [4.69, 9.17) is 14.2 Å². The predicted molar refractivity (Wildman–Crippen MR) is 130 cm³/mol. The van der Waals surface area contributed by atoms with Crippen LogP contribution in [0.1, 0.15) is 26.3 Å². The fourth-order valence-corrected chi connectivity index (χ4v) is 3.49. The predicted octanol–water partition coefficient (Wildman–Crippen LogP) is 7.09. The lowest BCUT2D eigenvalue weighted by molar-refractivity contribution is 0.355. The SMILES string of the molecule is COc1cc2nccc(Oc3ccc(Nc4ccc(C(C)(C)C)cc4)cc3)c2cc1OC. The van der Waals surface area contributed by atoms with Crippen LogP contribution in [-0.2, 0) is 5.41 Å². The van der Waals surface area contributed by atoms with Crippen LogP contribution < -0.4 is 19.5 Å². The number of nitrogens with one attached hydrogen (secondary N) is 1. The second kappa shape index (κ2) is 8.79. The Balaban J connectivity index is 1.52. The van der Waals surface area contributed by atoms with Crippen molar-refractivity contribution in [1.29, 1.82) is 0 Å². The molecule has 0 aliphatic heterocycles. The fraction of sp³-hybridized carbons (Fsp3) is 0.222. The molecule has 164 valence electrons. The quantitative estimate of drug-likeness (QED) is 0.355. The number of methoxy groups -OCH3 is 2. The van der Waals surface area contributed by atoms with Crippen molar-refractivity contribution in [1.82, 2.24) is 4.98 Å². The molecule has 0 spiro atoms. The lowest BCUT2D eigenvalue weighted by atomic mass is 9.87. The highest BCUT2D eigenvalue weighted by molar-refractivity contribution is 5.88.